The van der Waals surface area contributed by atoms with E-state index in [0.717, 1.165) is 11.1 Å². The molecule has 0 aliphatic carbocycles. The van der Waals surface area contributed by atoms with Crippen LogP contribution in [0, 0.1) is 6.92 Å². The highest BCUT2D eigenvalue weighted by atomic mass is 32.1. The van der Waals surface area contributed by atoms with E-state index >= 15 is 0 Å². The maximum Gasteiger partial charge on any atom is 0.343 e. The summed E-state index contributed by atoms with van der Waals surface area (Å²) in [6.07, 6.45) is 1.61. The van der Waals surface area contributed by atoms with Gasteiger partial charge >= 0.3 is 5.97 Å². The van der Waals surface area contributed by atoms with E-state index < -0.39 is 5.97 Å². The smallest absolute Gasteiger partial charge is 0.343 e. The van der Waals surface area contributed by atoms with Crippen molar-refractivity contribution in [2.75, 3.05) is 11.2 Å². The average molecular weight is 352 g/mol. The Kier molecular flexibility index (Phi) is 5.06. The van der Waals surface area contributed by atoms with Gasteiger partial charge in [-0.05, 0) is 36.8 Å². The second-order valence-corrected chi connectivity index (χ2v) is 6.13. The van der Waals surface area contributed by atoms with E-state index in [1.807, 2.05) is 25.1 Å². The molecule has 0 saturated carbocycles. The largest absolute Gasteiger partial charge is 0.423 e. The Hall–Kier alpha value is -3.19. The van der Waals surface area contributed by atoms with Gasteiger partial charge in [0.15, 0.2) is 0 Å². The maximum absolute atomic E-state index is 12.2. The van der Waals surface area contributed by atoms with Crippen molar-refractivity contribution in [3.8, 4) is 5.75 Å². The lowest BCUT2D eigenvalue weighted by molar-refractivity contribution is 0.0735. The van der Waals surface area contributed by atoms with Crippen LogP contribution >= 0.6 is 11.3 Å². The molecule has 7 heteroatoms. The molecule has 0 aliphatic rings. The average Bonchev–Trinajstić information content (AvgIpc) is 3.01. The number of ether oxygens (including phenoxy) is 1. The Balaban J connectivity index is 1.64. The van der Waals surface area contributed by atoms with Gasteiger partial charge in [0.2, 0.25) is 5.13 Å². The fraction of sp³-hybridized carbons (Fsp3) is 0.0556. The fourth-order valence-corrected chi connectivity index (χ4v) is 2.56. The Morgan fingerprint density at radius 3 is 2.80 bits per heavy atom. The highest BCUT2D eigenvalue weighted by Gasteiger charge is 2.08. The van der Waals surface area contributed by atoms with E-state index in [1.165, 1.54) is 11.3 Å². The van der Waals surface area contributed by atoms with Crippen LogP contribution in [0.4, 0.5) is 10.9 Å². The number of benzene rings is 2. The number of carbonyl (C=O) groups is 1. The minimum atomic E-state index is -0.398. The van der Waals surface area contributed by atoms with Crippen molar-refractivity contribution in [2.45, 2.75) is 6.92 Å². The summed E-state index contributed by atoms with van der Waals surface area (Å²) in [5.74, 6) is 0.506. The summed E-state index contributed by atoms with van der Waals surface area (Å²) in [5.41, 5.74) is 10.7. The number of nitrogens with zero attached hydrogens (tertiary/aromatic N) is 2. The lowest BCUT2D eigenvalue weighted by Gasteiger charge is -2.05. The van der Waals surface area contributed by atoms with Crippen LogP contribution in [-0.4, -0.2) is 17.2 Å². The number of hydrazone groups is 1. The molecule has 0 aliphatic heterocycles. The van der Waals surface area contributed by atoms with Crippen LogP contribution < -0.4 is 15.9 Å². The van der Waals surface area contributed by atoms with Gasteiger partial charge in [0.1, 0.15) is 11.6 Å². The number of hydrogen-bond donors (Lipinski definition) is 2. The van der Waals surface area contributed by atoms with E-state index in [1.54, 1.807) is 41.9 Å². The molecule has 0 unspecified atom stereocenters. The van der Waals surface area contributed by atoms with Gasteiger partial charge in [-0.15, -0.1) is 11.3 Å². The van der Waals surface area contributed by atoms with Gasteiger partial charge in [-0.3, -0.25) is 5.43 Å². The van der Waals surface area contributed by atoms with E-state index in [2.05, 4.69) is 15.5 Å². The predicted molar refractivity (Wildman–Crippen MR) is 100 cm³/mol. The topological polar surface area (TPSA) is 89.6 Å². The number of aryl methyl sites for hydroxylation is 1. The second kappa shape index (κ2) is 7.59. The molecule has 1 heterocycles. The standard InChI is InChI=1S/C18H16N4O2S/c1-12-5-7-14(8-6-12)17(23)24-15-4-2-3-13(9-15)10-20-22-18-21-16(19)11-25-18/h2-11H,19H2,1H3,(H,21,22). The summed E-state index contributed by atoms with van der Waals surface area (Å²) in [5, 5.41) is 6.42. The van der Waals surface area contributed by atoms with Crippen molar-refractivity contribution < 1.29 is 9.53 Å². The third-order valence-electron chi connectivity index (χ3n) is 3.25. The molecular formula is C18H16N4O2S. The molecule has 0 bridgehead atoms. The number of nitrogen functional groups attached to an aromatic ring is 1. The van der Waals surface area contributed by atoms with Gasteiger partial charge < -0.3 is 10.5 Å². The maximum atomic E-state index is 12.2. The van der Waals surface area contributed by atoms with Gasteiger partial charge in [0.25, 0.3) is 0 Å². The summed E-state index contributed by atoms with van der Waals surface area (Å²) in [4.78, 5) is 16.2. The molecule has 0 fully saturated rings. The van der Waals surface area contributed by atoms with Crippen molar-refractivity contribution in [1.82, 2.24) is 4.98 Å². The number of hydrogen-bond acceptors (Lipinski definition) is 7. The van der Waals surface area contributed by atoms with Crippen LogP contribution in [0.15, 0.2) is 59.0 Å². The molecule has 1 aromatic heterocycles. The molecule has 126 valence electrons. The third-order valence-corrected chi connectivity index (χ3v) is 4.02. The summed E-state index contributed by atoms with van der Waals surface area (Å²) < 4.78 is 5.40. The van der Waals surface area contributed by atoms with Crippen molar-refractivity contribution in [2.24, 2.45) is 5.10 Å². The van der Waals surface area contributed by atoms with Crippen LogP contribution in [-0.2, 0) is 0 Å². The number of nitrogens with one attached hydrogen (secondary N) is 1. The number of nitrogens with two attached hydrogens (primary N) is 1. The van der Waals surface area contributed by atoms with E-state index in [0.29, 0.717) is 22.3 Å². The first-order chi connectivity index (χ1) is 12.1. The Morgan fingerprint density at radius 2 is 2.08 bits per heavy atom. The molecule has 25 heavy (non-hydrogen) atoms. The Labute approximate surface area is 149 Å². The van der Waals surface area contributed by atoms with Crippen LogP contribution in [0.2, 0.25) is 0 Å². The number of esters is 1. The molecule has 0 saturated heterocycles. The van der Waals surface area contributed by atoms with Crippen molar-refractivity contribution in [3.05, 3.63) is 70.6 Å². The van der Waals surface area contributed by atoms with Gasteiger partial charge in [-0.1, -0.05) is 29.8 Å². The number of anilines is 2. The van der Waals surface area contributed by atoms with Crippen LogP contribution in [0.3, 0.4) is 0 Å². The molecule has 2 aromatic carbocycles. The number of rotatable bonds is 5. The molecule has 0 atom stereocenters. The van der Waals surface area contributed by atoms with Gasteiger partial charge in [0, 0.05) is 5.38 Å². The third kappa shape index (κ3) is 4.65. The lowest BCUT2D eigenvalue weighted by atomic mass is 10.1. The number of carbonyl (C=O) groups excluding carboxylic acids is 1. The molecule has 3 rings (SSSR count). The van der Waals surface area contributed by atoms with Crippen LogP contribution in [0.5, 0.6) is 5.75 Å². The number of thiazole rings is 1. The zero-order chi connectivity index (χ0) is 17.6. The number of aromatic nitrogens is 1. The molecule has 0 spiro atoms. The van der Waals surface area contributed by atoms with Crippen molar-refractivity contribution >= 4 is 34.5 Å². The van der Waals surface area contributed by atoms with E-state index in [9.17, 15) is 4.79 Å². The fourth-order valence-electron chi connectivity index (χ4n) is 2.01. The van der Waals surface area contributed by atoms with E-state index in [-0.39, 0.29) is 0 Å². The van der Waals surface area contributed by atoms with E-state index in [4.69, 9.17) is 10.5 Å². The zero-order valence-electron chi connectivity index (χ0n) is 13.5. The lowest BCUT2D eigenvalue weighted by Crippen LogP contribution is -2.08. The Morgan fingerprint density at radius 1 is 1.28 bits per heavy atom. The van der Waals surface area contributed by atoms with Gasteiger partial charge in [-0.25, -0.2) is 9.78 Å². The molecule has 0 radical (unpaired) electrons. The first kappa shape index (κ1) is 16.7. The normalized spacial score (nSPS) is 10.8. The molecule has 6 nitrogen and oxygen atoms in total. The monoisotopic (exact) mass is 352 g/mol. The van der Waals surface area contributed by atoms with Crippen LogP contribution in [0.1, 0.15) is 21.5 Å². The minimum absolute atomic E-state index is 0.398. The highest BCUT2D eigenvalue weighted by molar-refractivity contribution is 7.14. The molecular weight excluding hydrogens is 336 g/mol. The zero-order valence-corrected chi connectivity index (χ0v) is 14.3. The quantitative estimate of drug-likeness (QED) is 0.316. The van der Waals surface area contributed by atoms with Gasteiger partial charge in [0.05, 0.1) is 11.8 Å². The summed E-state index contributed by atoms with van der Waals surface area (Å²) in [6.45, 7) is 1.96. The predicted octanol–water partition coefficient (Wildman–Crippen LogP) is 3.70. The molecule has 3 aromatic rings. The Bertz CT molecular complexity index is 903. The SMILES string of the molecule is Cc1ccc(C(=O)Oc2cccc(C=NNc3nc(N)cs3)c2)cc1. The summed E-state index contributed by atoms with van der Waals surface area (Å²) in [6, 6.07) is 14.3. The first-order valence-electron chi connectivity index (χ1n) is 7.49. The second-order valence-electron chi connectivity index (χ2n) is 5.28. The summed E-state index contributed by atoms with van der Waals surface area (Å²) >= 11 is 1.36. The molecule has 3 N–H and O–H groups in total. The van der Waals surface area contributed by atoms with Crippen LogP contribution in [0.25, 0.3) is 0 Å². The first-order valence-corrected chi connectivity index (χ1v) is 8.37. The van der Waals surface area contributed by atoms with Gasteiger partial charge in [-0.2, -0.15) is 5.10 Å². The summed E-state index contributed by atoms with van der Waals surface area (Å²) in [7, 11) is 0. The highest BCUT2D eigenvalue weighted by Crippen LogP contribution is 2.17. The minimum Gasteiger partial charge on any atom is -0.423 e. The van der Waals surface area contributed by atoms with Crippen molar-refractivity contribution in [1.29, 1.82) is 0 Å². The molecule has 0 amide bonds. The van der Waals surface area contributed by atoms with Crippen molar-refractivity contribution in [3.63, 3.8) is 0 Å².